The number of rotatable bonds is 14. The summed E-state index contributed by atoms with van der Waals surface area (Å²) in [5.41, 5.74) is 1.81. The van der Waals surface area contributed by atoms with Crippen LogP contribution in [0.25, 0.3) is 0 Å². The molecule has 0 fully saturated rings. The average molecular weight is 438 g/mol. The first-order chi connectivity index (χ1) is 14.8. The zero-order chi connectivity index (χ0) is 22.7. The summed E-state index contributed by atoms with van der Waals surface area (Å²) in [7, 11) is 0. The predicted octanol–water partition coefficient (Wildman–Crippen LogP) is 4.18. The van der Waals surface area contributed by atoms with Crippen LogP contribution >= 0.6 is 0 Å². The zero-order valence-corrected chi connectivity index (χ0v) is 18.0. The van der Waals surface area contributed by atoms with Gasteiger partial charge in [0.2, 0.25) is 0 Å². The Bertz CT molecular complexity index is 801. The Morgan fingerprint density at radius 2 is 1.84 bits per heavy atom. The fourth-order valence-electron chi connectivity index (χ4n) is 3.26. The number of aliphatic hydroxyl groups is 2. The molecule has 0 radical (unpaired) electrons. The first kappa shape index (κ1) is 25.2. The van der Waals surface area contributed by atoms with E-state index in [2.05, 4.69) is 5.32 Å². The van der Waals surface area contributed by atoms with Crippen LogP contribution in [0.5, 0.6) is 5.75 Å². The summed E-state index contributed by atoms with van der Waals surface area (Å²) in [4.78, 5) is 0. The van der Waals surface area contributed by atoms with Crippen LogP contribution in [0.4, 0.5) is 8.78 Å². The maximum absolute atomic E-state index is 14.1. The highest BCUT2D eigenvalue weighted by atomic mass is 19.3. The molecule has 0 aliphatic carbocycles. The summed E-state index contributed by atoms with van der Waals surface area (Å²) in [6.45, 7) is 2.30. The molecule has 0 bridgehead atoms. The molecule has 5 nitrogen and oxygen atoms in total. The lowest BCUT2D eigenvalue weighted by atomic mass is 10.1. The van der Waals surface area contributed by atoms with Crippen molar-refractivity contribution < 1.29 is 28.8 Å². The van der Waals surface area contributed by atoms with Gasteiger partial charge in [-0.25, -0.2) is 0 Å². The Kier molecular flexibility index (Phi) is 10.3. The van der Waals surface area contributed by atoms with E-state index < -0.39 is 18.6 Å². The Balaban J connectivity index is 1.52. The minimum absolute atomic E-state index is 0.00858. The highest BCUT2D eigenvalue weighted by molar-refractivity contribution is 5.36. The van der Waals surface area contributed by atoms with Gasteiger partial charge >= 0.3 is 0 Å². The molecule has 0 heterocycles. The van der Waals surface area contributed by atoms with Crippen LogP contribution in [0.15, 0.2) is 42.5 Å². The van der Waals surface area contributed by atoms with Crippen LogP contribution in [0, 0.1) is 6.92 Å². The molecule has 0 saturated carbocycles. The van der Waals surface area contributed by atoms with Gasteiger partial charge in [0.1, 0.15) is 12.4 Å². The van der Waals surface area contributed by atoms with E-state index in [1.807, 2.05) is 0 Å². The number of aromatic hydroxyl groups is 1. The molecule has 1 atom stereocenters. The molecule has 0 aromatic heterocycles. The number of hydrogen-bond acceptors (Lipinski definition) is 5. The standard InChI is InChI=1S/C24H33F2NO4/c1-18-7-6-8-21(13-18)24(25,26)17-31-12-5-3-2-4-11-27-15-23(30)19-9-10-22(29)20(14-19)16-28/h6-10,13-14,23,27-30H,2-5,11-12,15-17H2,1H3/t23-/m0/s1. The number of halogens is 2. The first-order valence-electron chi connectivity index (χ1n) is 10.7. The number of hydrogen-bond donors (Lipinski definition) is 4. The van der Waals surface area contributed by atoms with E-state index in [0.717, 1.165) is 37.8 Å². The van der Waals surface area contributed by atoms with E-state index in [0.29, 0.717) is 24.3 Å². The molecule has 7 heteroatoms. The third kappa shape index (κ3) is 8.53. The summed E-state index contributed by atoms with van der Waals surface area (Å²) >= 11 is 0. The molecular formula is C24H33F2NO4. The number of phenols is 1. The molecule has 0 amide bonds. The van der Waals surface area contributed by atoms with E-state index in [-0.39, 0.29) is 17.9 Å². The molecule has 0 aliphatic rings. The van der Waals surface area contributed by atoms with E-state index in [1.54, 1.807) is 31.2 Å². The molecule has 31 heavy (non-hydrogen) atoms. The minimum Gasteiger partial charge on any atom is -0.508 e. The van der Waals surface area contributed by atoms with Gasteiger partial charge in [0.25, 0.3) is 5.92 Å². The minimum atomic E-state index is -2.98. The van der Waals surface area contributed by atoms with E-state index >= 15 is 0 Å². The summed E-state index contributed by atoms with van der Waals surface area (Å²) in [6, 6.07) is 11.0. The van der Waals surface area contributed by atoms with Crippen LogP contribution in [0.2, 0.25) is 0 Å². The molecule has 0 unspecified atom stereocenters. The molecule has 0 aliphatic heterocycles. The Hall–Kier alpha value is -2.06. The lowest BCUT2D eigenvalue weighted by molar-refractivity contribution is -0.0831. The number of nitrogens with one attached hydrogen (secondary N) is 1. The van der Waals surface area contributed by atoms with E-state index in [1.165, 1.54) is 18.2 Å². The molecule has 4 N–H and O–H groups in total. The quantitative estimate of drug-likeness (QED) is 0.333. The number of alkyl halides is 2. The molecule has 172 valence electrons. The number of unbranched alkanes of at least 4 members (excludes halogenated alkanes) is 3. The highest BCUT2D eigenvalue weighted by Crippen LogP contribution is 2.28. The number of aliphatic hydroxyl groups excluding tert-OH is 2. The van der Waals surface area contributed by atoms with Crippen molar-refractivity contribution in [3.05, 3.63) is 64.7 Å². The monoisotopic (exact) mass is 437 g/mol. The second-order valence-electron chi connectivity index (χ2n) is 7.81. The fraction of sp³-hybridized carbons (Fsp3) is 0.500. The van der Waals surface area contributed by atoms with Crippen LogP contribution < -0.4 is 5.32 Å². The second-order valence-corrected chi connectivity index (χ2v) is 7.81. The molecule has 2 aromatic carbocycles. The van der Waals surface area contributed by atoms with Gasteiger partial charge in [0.05, 0.1) is 12.7 Å². The first-order valence-corrected chi connectivity index (χ1v) is 10.7. The summed E-state index contributed by atoms with van der Waals surface area (Å²) in [6.07, 6.45) is 2.73. The number of ether oxygens (including phenoxy) is 1. The lowest BCUT2D eigenvalue weighted by Crippen LogP contribution is -2.22. The van der Waals surface area contributed by atoms with Gasteiger partial charge in [-0.1, -0.05) is 48.7 Å². The van der Waals surface area contributed by atoms with Crippen molar-refractivity contribution in [3.63, 3.8) is 0 Å². The largest absolute Gasteiger partial charge is 0.508 e. The van der Waals surface area contributed by atoms with Crippen LogP contribution in [0.3, 0.4) is 0 Å². The SMILES string of the molecule is Cc1cccc(C(F)(F)COCCCCCCNC[C@H](O)c2ccc(O)c(CO)c2)c1. The van der Waals surface area contributed by atoms with Crippen molar-refractivity contribution in [2.24, 2.45) is 0 Å². The molecule has 0 spiro atoms. The molecule has 2 aromatic rings. The smallest absolute Gasteiger partial charge is 0.296 e. The van der Waals surface area contributed by atoms with Crippen molar-refractivity contribution in [1.82, 2.24) is 5.32 Å². The second kappa shape index (κ2) is 12.7. The van der Waals surface area contributed by atoms with Gasteiger partial charge in [0.15, 0.2) is 0 Å². The summed E-state index contributed by atoms with van der Waals surface area (Å²) in [5, 5.41) is 32.1. The highest BCUT2D eigenvalue weighted by Gasteiger charge is 2.31. The normalized spacial score (nSPS) is 12.8. The zero-order valence-electron chi connectivity index (χ0n) is 18.0. The maximum atomic E-state index is 14.1. The third-order valence-electron chi connectivity index (χ3n) is 5.11. The van der Waals surface area contributed by atoms with Gasteiger partial charge < -0.3 is 25.4 Å². The average Bonchev–Trinajstić information content (AvgIpc) is 2.75. The van der Waals surface area contributed by atoms with Crippen LogP contribution in [0.1, 0.15) is 54.0 Å². The van der Waals surface area contributed by atoms with Gasteiger partial charge in [-0.3, -0.25) is 0 Å². The van der Waals surface area contributed by atoms with Crippen LogP contribution in [-0.2, 0) is 17.3 Å². The topological polar surface area (TPSA) is 82.0 Å². The van der Waals surface area contributed by atoms with Gasteiger partial charge in [-0.05, 0) is 44.0 Å². The van der Waals surface area contributed by atoms with E-state index in [9.17, 15) is 24.1 Å². The van der Waals surface area contributed by atoms with Crippen molar-refractivity contribution in [2.75, 3.05) is 26.3 Å². The number of aryl methyl sites for hydroxylation is 1. The number of benzene rings is 2. The summed E-state index contributed by atoms with van der Waals surface area (Å²) < 4.78 is 33.4. The fourth-order valence-corrected chi connectivity index (χ4v) is 3.26. The molecule has 0 saturated heterocycles. The lowest BCUT2D eigenvalue weighted by Gasteiger charge is -2.17. The Morgan fingerprint density at radius 3 is 2.58 bits per heavy atom. The molecule has 2 rings (SSSR count). The molecular weight excluding hydrogens is 404 g/mol. The van der Waals surface area contributed by atoms with Crippen LogP contribution in [-0.4, -0.2) is 41.6 Å². The predicted molar refractivity (Wildman–Crippen MR) is 116 cm³/mol. The maximum Gasteiger partial charge on any atom is 0.296 e. The summed E-state index contributed by atoms with van der Waals surface area (Å²) in [5.74, 6) is -2.97. The van der Waals surface area contributed by atoms with Crippen molar-refractivity contribution >= 4 is 0 Å². The van der Waals surface area contributed by atoms with Gasteiger partial charge in [-0.2, -0.15) is 8.78 Å². The Morgan fingerprint density at radius 1 is 1.06 bits per heavy atom. The van der Waals surface area contributed by atoms with Crippen molar-refractivity contribution in [3.8, 4) is 5.75 Å². The van der Waals surface area contributed by atoms with E-state index in [4.69, 9.17) is 4.74 Å². The van der Waals surface area contributed by atoms with Gasteiger partial charge in [0, 0.05) is 24.3 Å². The van der Waals surface area contributed by atoms with Gasteiger partial charge in [-0.15, -0.1) is 0 Å². The Labute approximate surface area is 182 Å². The van der Waals surface area contributed by atoms with Crippen molar-refractivity contribution in [1.29, 1.82) is 0 Å². The third-order valence-corrected chi connectivity index (χ3v) is 5.11. The van der Waals surface area contributed by atoms with Crippen molar-refractivity contribution in [2.45, 2.75) is 51.2 Å².